The Kier molecular flexibility index (Phi) is 11.1. The molecule has 0 aromatic heterocycles. The van der Waals surface area contributed by atoms with Crippen LogP contribution >= 0.6 is 0 Å². The molecule has 12 nitrogen and oxygen atoms in total. The predicted octanol–water partition coefficient (Wildman–Crippen LogP) is 3.15. The van der Waals surface area contributed by atoms with Crippen molar-refractivity contribution in [2.45, 2.75) is 147 Å². The van der Waals surface area contributed by atoms with Crippen LogP contribution in [0.5, 0.6) is 0 Å². The number of nitrogens with zero attached hydrogens (tertiary/aromatic N) is 1. The molecule has 4 rings (SSSR count). The molecule has 270 valence electrons. The minimum atomic E-state index is -3.56. The molecule has 3 saturated carbocycles. The first kappa shape index (κ1) is 37.9. The van der Waals surface area contributed by atoms with E-state index in [4.69, 9.17) is 0 Å². The average Bonchev–Trinajstić information content (AvgIpc) is 3.87. The van der Waals surface area contributed by atoms with Gasteiger partial charge < -0.3 is 26.2 Å². The number of likely N-dealkylation sites (tertiary alicyclic amines) is 1. The highest BCUT2D eigenvalue weighted by molar-refractivity contribution is 7.92. The highest BCUT2D eigenvalue weighted by Crippen LogP contribution is 2.54. The molecule has 4 fully saturated rings. The summed E-state index contributed by atoms with van der Waals surface area (Å²) >= 11 is 0. The van der Waals surface area contributed by atoms with E-state index in [1.807, 2.05) is 27.7 Å². The van der Waals surface area contributed by atoms with Crippen LogP contribution in [0.1, 0.15) is 113 Å². The summed E-state index contributed by atoms with van der Waals surface area (Å²) in [6.45, 7) is 16.7. The third-order valence-corrected chi connectivity index (χ3v) is 13.2. The fraction of sp³-hybridized carbons (Fsp3) is 0.800. The van der Waals surface area contributed by atoms with Crippen LogP contribution in [-0.2, 0) is 29.0 Å². The zero-order valence-corrected chi connectivity index (χ0v) is 30.7. The highest BCUT2D eigenvalue weighted by atomic mass is 32.2. The van der Waals surface area contributed by atoms with E-state index < -0.39 is 73.2 Å². The maximum Gasteiger partial charge on any atom is 0.315 e. The number of carbonyl (C=O) groups is 5. The Bertz CT molecular complexity index is 1400. The normalized spacial score (nSPS) is 24.9. The third-order valence-electron chi connectivity index (χ3n) is 10.4. The maximum absolute atomic E-state index is 14.3. The first-order chi connectivity index (χ1) is 22.2. The van der Waals surface area contributed by atoms with Gasteiger partial charge in [0.25, 0.3) is 5.91 Å². The Morgan fingerprint density at radius 1 is 0.979 bits per heavy atom. The molecule has 48 heavy (non-hydrogen) atoms. The number of rotatable bonds is 13. The van der Waals surface area contributed by atoms with E-state index >= 15 is 0 Å². The van der Waals surface area contributed by atoms with Crippen LogP contribution in [0.15, 0.2) is 12.2 Å². The van der Waals surface area contributed by atoms with Gasteiger partial charge in [0.05, 0.1) is 22.1 Å². The summed E-state index contributed by atoms with van der Waals surface area (Å²) in [7, 11) is -3.56. The summed E-state index contributed by atoms with van der Waals surface area (Å²) in [6, 6.07) is -3.62. The van der Waals surface area contributed by atoms with Gasteiger partial charge in [-0.2, -0.15) is 0 Å². The van der Waals surface area contributed by atoms with Gasteiger partial charge in [-0.1, -0.05) is 72.0 Å². The lowest BCUT2D eigenvalue weighted by Crippen LogP contribution is -2.64. The van der Waals surface area contributed by atoms with Crippen molar-refractivity contribution >= 4 is 39.4 Å². The second kappa shape index (κ2) is 14.1. The van der Waals surface area contributed by atoms with Gasteiger partial charge in [0.1, 0.15) is 12.1 Å². The van der Waals surface area contributed by atoms with Crippen molar-refractivity contribution in [1.29, 1.82) is 0 Å². The number of fused-ring (bicyclic) bond motifs is 1. The van der Waals surface area contributed by atoms with Crippen LogP contribution in [0.3, 0.4) is 0 Å². The number of hydrogen-bond acceptors (Lipinski definition) is 7. The Morgan fingerprint density at radius 3 is 2.15 bits per heavy atom. The van der Waals surface area contributed by atoms with E-state index in [1.165, 1.54) is 4.90 Å². The summed E-state index contributed by atoms with van der Waals surface area (Å²) in [5, 5.41) is 11.4. The molecule has 3 aliphatic carbocycles. The van der Waals surface area contributed by atoms with E-state index in [2.05, 4.69) is 27.8 Å². The quantitative estimate of drug-likeness (QED) is 0.170. The number of urea groups is 1. The zero-order chi connectivity index (χ0) is 35.8. The number of sulfone groups is 1. The van der Waals surface area contributed by atoms with Gasteiger partial charge in [0.2, 0.25) is 17.6 Å². The van der Waals surface area contributed by atoms with Crippen LogP contribution in [0.25, 0.3) is 0 Å². The molecule has 0 aromatic rings. The first-order valence-corrected chi connectivity index (χ1v) is 19.3. The van der Waals surface area contributed by atoms with Crippen molar-refractivity contribution in [2.75, 3.05) is 12.3 Å². The zero-order valence-electron chi connectivity index (χ0n) is 29.9. The molecule has 5 atom stereocenters. The number of unbranched alkanes of at least 4 members (excludes halogenated alkanes) is 1. The molecule has 13 heteroatoms. The predicted molar refractivity (Wildman–Crippen MR) is 184 cm³/mol. The SMILES string of the molecule is C=C1C2CN(C(=O)C(NC(=O)NC3(CS(=O)(=O)C(C)(C)C)CCCCC3)C(C)(C)C)C(C(=O)NC(CCCC)C(=O)C(=O)NC3CC3)C12. The number of piperidine rings is 1. The molecule has 0 bridgehead atoms. The molecule has 0 aromatic carbocycles. The van der Waals surface area contributed by atoms with Gasteiger partial charge in [0.15, 0.2) is 9.84 Å². The van der Waals surface area contributed by atoms with Gasteiger partial charge in [-0.25, -0.2) is 13.2 Å². The van der Waals surface area contributed by atoms with Crippen LogP contribution in [-0.4, -0.2) is 89.6 Å². The monoisotopic (exact) mass is 691 g/mol. The van der Waals surface area contributed by atoms with E-state index in [9.17, 15) is 32.4 Å². The fourth-order valence-electron chi connectivity index (χ4n) is 7.02. The van der Waals surface area contributed by atoms with Crippen molar-refractivity contribution in [3.63, 3.8) is 0 Å². The maximum atomic E-state index is 14.3. The van der Waals surface area contributed by atoms with Crippen molar-refractivity contribution in [2.24, 2.45) is 17.3 Å². The number of nitrogens with one attached hydrogen (secondary N) is 4. The molecule has 4 N–H and O–H groups in total. The Morgan fingerprint density at radius 2 is 1.60 bits per heavy atom. The Hall–Kier alpha value is -2.96. The first-order valence-electron chi connectivity index (χ1n) is 17.7. The van der Waals surface area contributed by atoms with Crippen LogP contribution < -0.4 is 21.3 Å². The standard InChI is InChI=1S/C35H57N5O7S/c1-9-10-14-24(27(41)30(43)36-22-15-16-22)37-29(42)26-25-21(2)23(25)19-40(26)31(44)28(33(3,4)5)38-32(45)39-35(17-12-11-13-18-35)20-48(46,47)34(6,7)8/h22-26,28H,2,9-20H2,1,3-8H3,(H,36,43)(H,37,42)(H2,38,39,45). The van der Waals surface area contributed by atoms with Crippen molar-refractivity contribution in [3.05, 3.63) is 12.2 Å². The molecule has 1 aliphatic heterocycles. The number of amides is 5. The molecular formula is C35H57N5O7S. The molecular weight excluding hydrogens is 634 g/mol. The number of carbonyl (C=O) groups excluding carboxylic acids is 5. The van der Waals surface area contributed by atoms with E-state index in [1.54, 1.807) is 20.8 Å². The molecule has 1 saturated heterocycles. The fourth-order valence-corrected chi connectivity index (χ4v) is 8.54. The second-order valence-corrected chi connectivity index (χ2v) is 19.3. The topological polar surface area (TPSA) is 171 Å². The Balaban J connectivity index is 1.52. The molecule has 4 aliphatic rings. The van der Waals surface area contributed by atoms with Gasteiger partial charge in [-0.15, -0.1) is 0 Å². The molecule has 0 spiro atoms. The largest absolute Gasteiger partial charge is 0.347 e. The summed E-state index contributed by atoms with van der Waals surface area (Å²) in [5.41, 5.74) is -0.863. The lowest BCUT2D eigenvalue weighted by atomic mass is 9.83. The second-order valence-electron chi connectivity index (χ2n) is 16.6. The van der Waals surface area contributed by atoms with Gasteiger partial charge >= 0.3 is 6.03 Å². The number of ketones is 1. The van der Waals surface area contributed by atoms with Crippen LogP contribution in [0.4, 0.5) is 4.79 Å². The number of hydrogen-bond donors (Lipinski definition) is 4. The molecule has 5 unspecified atom stereocenters. The van der Waals surface area contributed by atoms with Crippen molar-refractivity contribution < 1.29 is 32.4 Å². The summed E-state index contributed by atoms with van der Waals surface area (Å²) in [6.07, 6.45) is 6.89. The van der Waals surface area contributed by atoms with E-state index in [0.717, 1.165) is 44.1 Å². The molecule has 1 heterocycles. The lowest BCUT2D eigenvalue weighted by Gasteiger charge is -2.41. The van der Waals surface area contributed by atoms with Gasteiger partial charge in [-0.3, -0.25) is 19.2 Å². The van der Waals surface area contributed by atoms with Gasteiger partial charge in [0, 0.05) is 24.4 Å². The molecule has 0 radical (unpaired) electrons. The van der Waals surface area contributed by atoms with Crippen LogP contribution in [0, 0.1) is 17.3 Å². The van der Waals surface area contributed by atoms with Crippen molar-refractivity contribution in [3.8, 4) is 0 Å². The lowest BCUT2D eigenvalue weighted by molar-refractivity contribution is -0.144. The minimum Gasteiger partial charge on any atom is -0.347 e. The van der Waals surface area contributed by atoms with Crippen molar-refractivity contribution in [1.82, 2.24) is 26.2 Å². The Labute approximate surface area is 286 Å². The highest BCUT2D eigenvalue weighted by Gasteiger charge is 2.61. The number of Topliss-reactive ketones (excluding diaryl/α,β-unsaturated/α-hetero) is 1. The minimum absolute atomic E-state index is 0.00242. The smallest absolute Gasteiger partial charge is 0.315 e. The molecule has 5 amide bonds. The van der Waals surface area contributed by atoms with E-state index in [0.29, 0.717) is 25.7 Å². The van der Waals surface area contributed by atoms with E-state index in [-0.39, 0.29) is 30.2 Å². The van der Waals surface area contributed by atoms with Crippen LogP contribution in [0.2, 0.25) is 0 Å². The summed E-state index contributed by atoms with van der Waals surface area (Å²) in [5.74, 6) is -2.91. The average molecular weight is 692 g/mol. The van der Waals surface area contributed by atoms with Gasteiger partial charge in [-0.05, 0) is 58.3 Å². The summed E-state index contributed by atoms with van der Waals surface area (Å²) < 4.78 is 25.6. The third kappa shape index (κ3) is 8.60. The summed E-state index contributed by atoms with van der Waals surface area (Å²) in [4.78, 5) is 69.1.